The Morgan fingerprint density at radius 2 is 1.69 bits per heavy atom. The number of halogens is 3. The van der Waals surface area contributed by atoms with E-state index in [2.05, 4.69) is 5.32 Å². The summed E-state index contributed by atoms with van der Waals surface area (Å²) in [6.07, 6.45) is 0.531. The number of carbonyl (C=O) groups is 1. The molecule has 2 aliphatic heterocycles. The van der Waals surface area contributed by atoms with E-state index >= 15 is 8.78 Å². The Morgan fingerprint density at radius 3 is 2.31 bits per heavy atom. The predicted octanol–water partition coefficient (Wildman–Crippen LogP) is 3.26. The lowest BCUT2D eigenvalue weighted by Gasteiger charge is -2.31. The van der Waals surface area contributed by atoms with Crippen LogP contribution in [0.4, 0.5) is 13.2 Å². The number of carbonyl (C=O) groups excluding carboxylic acids is 1. The minimum atomic E-state index is -3.65. The Hall–Kier alpha value is -2.78. The maximum atomic E-state index is 15.3. The summed E-state index contributed by atoms with van der Waals surface area (Å²) in [4.78, 5) is 14.9. The third-order valence-corrected chi connectivity index (χ3v) is 7.20. The van der Waals surface area contributed by atoms with Crippen LogP contribution in [0.2, 0.25) is 0 Å². The fraction of sp³-hybridized carbons (Fsp3) is 0.500. The number of nitrogens with one attached hydrogen (secondary N) is 1. The number of hydrogen-bond donors (Lipinski definition) is 2. The summed E-state index contributed by atoms with van der Waals surface area (Å²) in [5.74, 6) is -6.52. The molecule has 2 unspecified atom stereocenters. The van der Waals surface area contributed by atoms with Crippen LogP contribution in [0.15, 0.2) is 36.4 Å². The Bertz CT molecular complexity index is 1070. The number of ether oxygens (including phenoxy) is 2. The number of benzene rings is 2. The van der Waals surface area contributed by atoms with Crippen LogP contribution >= 0.6 is 0 Å². The standard InChI is InChI=1S/C26H29F3N2O4/c27-20-14-23-22(34-9-10-35-23)13-19(20)24(32)21(15-31-7-3-4-8-31)30-25(33)26(28,29)18-11-16-5-1-2-6-17(16)12-18/h1-2,5-6,13-14,18,21,24,32H,3-4,7-12,15H2,(H,30,33). The molecule has 2 aromatic rings. The molecule has 0 bridgehead atoms. The molecule has 5 rings (SSSR count). The molecular formula is C26H29F3N2O4. The third kappa shape index (κ3) is 4.84. The minimum Gasteiger partial charge on any atom is -0.486 e. The quantitative estimate of drug-likeness (QED) is 0.624. The van der Waals surface area contributed by atoms with Gasteiger partial charge in [0, 0.05) is 24.1 Å². The number of nitrogens with zero attached hydrogens (tertiary/aromatic N) is 1. The van der Waals surface area contributed by atoms with E-state index < -0.39 is 35.7 Å². The number of alkyl halides is 2. The Kier molecular flexibility index (Phi) is 6.63. The van der Waals surface area contributed by atoms with Crippen molar-refractivity contribution in [1.29, 1.82) is 0 Å². The van der Waals surface area contributed by atoms with Crippen molar-refractivity contribution >= 4 is 5.91 Å². The van der Waals surface area contributed by atoms with Gasteiger partial charge in [-0.3, -0.25) is 4.79 Å². The summed E-state index contributed by atoms with van der Waals surface area (Å²) >= 11 is 0. The second-order valence-corrected chi connectivity index (χ2v) is 9.55. The van der Waals surface area contributed by atoms with E-state index in [0.29, 0.717) is 0 Å². The van der Waals surface area contributed by atoms with Gasteiger partial charge in [-0.25, -0.2) is 4.39 Å². The van der Waals surface area contributed by atoms with Gasteiger partial charge in [0.2, 0.25) is 0 Å². The van der Waals surface area contributed by atoms with Crippen LogP contribution in [-0.2, 0) is 17.6 Å². The van der Waals surface area contributed by atoms with Crippen LogP contribution in [0, 0.1) is 11.7 Å². The van der Waals surface area contributed by atoms with Crippen molar-refractivity contribution in [1.82, 2.24) is 10.2 Å². The fourth-order valence-corrected chi connectivity index (χ4v) is 5.26. The van der Waals surface area contributed by atoms with Gasteiger partial charge in [0.05, 0.1) is 6.04 Å². The van der Waals surface area contributed by atoms with Crippen molar-refractivity contribution in [2.45, 2.75) is 43.8 Å². The molecule has 3 aliphatic rings. The zero-order valence-electron chi connectivity index (χ0n) is 19.3. The number of likely N-dealkylation sites (tertiary alicyclic amines) is 1. The number of rotatable bonds is 7. The molecule has 0 saturated carbocycles. The zero-order chi connectivity index (χ0) is 24.6. The minimum absolute atomic E-state index is 0.104. The molecule has 0 aromatic heterocycles. The van der Waals surface area contributed by atoms with Gasteiger partial charge in [0.15, 0.2) is 11.5 Å². The van der Waals surface area contributed by atoms with Gasteiger partial charge in [-0.05, 0) is 56.0 Å². The van der Waals surface area contributed by atoms with Crippen molar-refractivity contribution in [2.75, 3.05) is 32.8 Å². The highest BCUT2D eigenvalue weighted by molar-refractivity contribution is 5.84. The highest BCUT2D eigenvalue weighted by atomic mass is 19.3. The molecule has 1 fully saturated rings. The molecule has 1 amide bonds. The molecular weight excluding hydrogens is 461 g/mol. The normalized spacial score (nSPS) is 19.9. The lowest BCUT2D eigenvalue weighted by atomic mass is 9.95. The Labute approximate surface area is 202 Å². The van der Waals surface area contributed by atoms with Gasteiger partial charge >= 0.3 is 5.92 Å². The van der Waals surface area contributed by atoms with Crippen LogP contribution < -0.4 is 14.8 Å². The van der Waals surface area contributed by atoms with Crippen LogP contribution in [0.5, 0.6) is 11.5 Å². The lowest BCUT2D eigenvalue weighted by Crippen LogP contribution is -2.54. The second-order valence-electron chi connectivity index (χ2n) is 9.55. The summed E-state index contributed by atoms with van der Waals surface area (Å²) in [6.45, 7) is 2.12. The molecule has 0 spiro atoms. The molecule has 35 heavy (non-hydrogen) atoms. The van der Waals surface area contributed by atoms with Crippen molar-refractivity contribution in [3.63, 3.8) is 0 Å². The number of hydrogen-bond acceptors (Lipinski definition) is 5. The third-order valence-electron chi connectivity index (χ3n) is 7.20. The van der Waals surface area contributed by atoms with Crippen molar-refractivity contribution < 1.29 is 32.5 Å². The van der Waals surface area contributed by atoms with Crippen LogP contribution in [-0.4, -0.2) is 60.7 Å². The van der Waals surface area contributed by atoms with E-state index in [1.165, 1.54) is 6.07 Å². The Morgan fingerprint density at radius 1 is 1.09 bits per heavy atom. The number of aliphatic hydroxyl groups is 1. The van der Waals surface area contributed by atoms with E-state index in [9.17, 15) is 14.3 Å². The van der Waals surface area contributed by atoms with Gasteiger partial charge in [0.1, 0.15) is 25.1 Å². The first-order chi connectivity index (χ1) is 16.8. The molecule has 0 radical (unpaired) electrons. The topological polar surface area (TPSA) is 71.0 Å². The summed E-state index contributed by atoms with van der Waals surface area (Å²) in [6, 6.07) is 8.50. The van der Waals surface area contributed by atoms with E-state index in [-0.39, 0.29) is 49.7 Å². The first-order valence-corrected chi connectivity index (χ1v) is 12.1. The van der Waals surface area contributed by atoms with Crippen LogP contribution in [0.3, 0.4) is 0 Å². The van der Waals surface area contributed by atoms with Gasteiger partial charge in [-0.1, -0.05) is 24.3 Å². The fourth-order valence-electron chi connectivity index (χ4n) is 5.26. The van der Waals surface area contributed by atoms with Gasteiger partial charge in [-0.15, -0.1) is 0 Å². The average Bonchev–Trinajstić information content (AvgIpc) is 3.53. The number of aliphatic hydroxyl groups excluding tert-OH is 1. The molecule has 6 nitrogen and oxygen atoms in total. The van der Waals surface area contributed by atoms with E-state index in [0.717, 1.165) is 43.1 Å². The highest BCUT2D eigenvalue weighted by Crippen LogP contribution is 2.39. The first kappa shape index (κ1) is 23.9. The maximum Gasteiger partial charge on any atom is 0.327 e. The smallest absolute Gasteiger partial charge is 0.327 e. The lowest BCUT2D eigenvalue weighted by molar-refractivity contribution is -0.155. The molecule has 1 saturated heterocycles. The average molecular weight is 491 g/mol. The SMILES string of the molecule is O=C(NC(CN1CCCC1)C(O)c1cc2c(cc1F)OCCO2)C(F)(F)C1Cc2ccccc2C1. The van der Waals surface area contributed by atoms with Crippen LogP contribution in [0.1, 0.15) is 35.6 Å². The summed E-state index contributed by atoms with van der Waals surface area (Å²) < 4.78 is 56.4. The second kappa shape index (κ2) is 9.70. The summed E-state index contributed by atoms with van der Waals surface area (Å²) in [5, 5.41) is 13.5. The van der Waals surface area contributed by atoms with E-state index in [4.69, 9.17) is 9.47 Å². The Balaban J connectivity index is 1.36. The molecule has 2 N–H and O–H groups in total. The van der Waals surface area contributed by atoms with Gasteiger partial charge in [0.25, 0.3) is 5.91 Å². The molecule has 2 aromatic carbocycles. The number of fused-ring (bicyclic) bond motifs is 2. The van der Waals surface area contributed by atoms with Crippen molar-refractivity contribution in [2.24, 2.45) is 5.92 Å². The van der Waals surface area contributed by atoms with Gasteiger partial charge in [-0.2, -0.15) is 8.78 Å². The largest absolute Gasteiger partial charge is 0.486 e. The van der Waals surface area contributed by atoms with Crippen molar-refractivity contribution in [3.05, 3.63) is 58.9 Å². The van der Waals surface area contributed by atoms with E-state index in [1.807, 2.05) is 4.90 Å². The monoisotopic (exact) mass is 490 g/mol. The molecule has 9 heteroatoms. The molecule has 2 heterocycles. The van der Waals surface area contributed by atoms with Crippen LogP contribution in [0.25, 0.3) is 0 Å². The van der Waals surface area contributed by atoms with Crippen molar-refractivity contribution in [3.8, 4) is 11.5 Å². The molecule has 2 atom stereocenters. The zero-order valence-corrected chi connectivity index (χ0v) is 19.3. The summed E-state index contributed by atoms with van der Waals surface area (Å²) in [5.41, 5.74) is 1.50. The summed E-state index contributed by atoms with van der Waals surface area (Å²) in [7, 11) is 0. The molecule has 1 aliphatic carbocycles. The van der Waals surface area contributed by atoms with E-state index in [1.54, 1.807) is 24.3 Å². The predicted molar refractivity (Wildman–Crippen MR) is 122 cm³/mol. The maximum absolute atomic E-state index is 15.3. The number of amides is 1. The molecule has 188 valence electrons. The van der Waals surface area contributed by atoms with Gasteiger partial charge < -0.3 is 24.8 Å². The first-order valence-electron chi connectivity index (χ1n) is 12.1. The highest BCUT2D eigenvalue weighted by Gasteiger charge is 2.50.